The van der Waals surface area contributed by atoms with Crippen LogP contribution in [0.3, 0.4) is 0 Å². The number of carbonyl (C=O) groups is 2. The molecule has 1 heterocycles. The number of aromatic carboxylic acids is 1. The molecule has 1 aromatic carbocycles. The van der Waals surface area contributed by atoms with Gasteiger partial charge < -0.3 is 10.4 Å². The van der Waals surface area contributed by atoms with Crippen LogP contribution in [-0.2, 0) is 14.8 Å². The van der Waals surface area contributed by atoms with Gasteiger partial charge in [-0.05, 0) is 18.2 Å². The van der Waals surface area contributed by atoms with E-state index in [9.17, 15) is 22.4 Å². The van der Waals surface area contributed by atoms with Crippen LogP contribution in [0.5, 0.6) is 0 Å². The van der Waals surface area contributed by atoms with Crippen molar-refractivity contribution in [1.82, 2.24) is 9.62 Å². The van der Waals surface area contributed by atoms with Crippen molar-refractivity contribution >= 4 is 21.9 Å². The molecule has 0 saturated carbocycles. The Morgan fingerprint density at radius 2 is 2.05 bits per heavy atom. The smallest absolute Gasteiger partial charge is 0.338 e. The molecule has 9 heteroatoms. The fraction of sp³-hybridized carbons (Fsp3) is 0.333. The van der Waals surface area contributed by atoms with E-state index in [-0.39, 0.29) is 36.9 Å². The molecule has 1 fully saturated rings. The first kappa shape index (κ1) is 15.4. The van der Waals surface area contributed by atoms with Crippen LogP contribution in [0, 0.1) is 5.82 Å². The molecule has 0 radical (unpaired) electrons. The van der Waals surface area contributed by atoms with Gasteiger partial charge in [-0.1, -0.05) is 0 Å². The molecule has 21 heavy (non-hydrogen) atoms. The Bertz CT molecular complexity index is 689. The molecule has 1 aliphatic rings. The van der Waals surface area contributed by atoms with Crippen LogP contribution < -0.4 is 5.32 Å². The third-order valence-corrected chi connectivity index (χ3v) is 4.97. The van der Waals surface area contributed by atoms with Gasteiger partial charge in [0, 0.05) is 26.1 Å². The Morgan fingerprint density at radius 1 is 1.33 bits per heavy atom. The van der Waals surface area contributed by atoms with Gasteiger partial charge in [-0.2, -0.15) is 4.31 Å². The zero-order valence-electron chi connectivity index (χ0n) is 10.9. The first-order valence-corrected chi connectivity index (χ1v) is 7.56. The minimum absolute atomic E-state index is 0.00600. The number of carbonyl (C=O) groups excluding carboxylic acids is 1. The van der Waals surface area contributed by atoms with Crippen LogP contribution in [0.15, 0.2) is 23.1 Å². The largest absolute Gasteiger partial charge is 0.478 e. The van der Waals surface area contributed by atoms with Crippen LogP contribution in [0.1, 0.15) is 16.8 Å². The molecule has 0 unspecified atom stereocenters. The first-order valence-electron chi connectivity index (χ1n) is 6.12. The van der Waals surface area contributed by atoms with Crippen molar-refractivity contribution in [2.24, 2.45) is 0 Å². The van der Waals surface area contributed by atoms with Gasteiger partial charge in [-0.25, -0.2) is 17.6 Å². The Kier molecular flexibility index (Phi) is 4.24. The highest BCUT2D eigenvalue weighted by atomic mass is 32.2. The van der Waals surface area contributed by atoms with Crippen LogP contribution in [0.4, 0.5) is 4.39 Å². The van der Waals surface area contributed by atoms with E-state index in [4.69, 9.17) is 5.11 Å². The first-order chi connectivity index (χ1) is 9.82. The predicted octanol–water partition coefficient (Wildman–Crippen LogP) is 0.0345. The number of carboxylic acids is 1. The summed E-state index contributed by atoms with van der Waals surface area (Å²) in [5.41, 5.74) is -0.708. The summed E-state index contributed by atoms with van der Waals surface area (Å²) in [5.74, 6) is -2.80. The molecule has 2 rings (SSSR count). The summed E-state index contributed by atoms with van der Waals surface area (Å²) in [7, 11) is -3.97. The van der Waals surface area contributed by atoms with Crippen LogP contribution in [-0.4, -0.2) is 49.3 Å². The van der Waals surface area contributed by atoms with E-state index in [2.05, 4.69) is 5.32 Å². The highest BCUT2D eigenvalue weighted by Gasteiger charge is 2.28. The lowest BCUT2D eigenvalue weighted by molar-refractivity contribution is -0.120. The van der Waals surface area contributed by atoms with Crippen molar-refractivity contribution in [3.8, 4) is 0 Å². The summed E-state index contributed by atoms with van der Waals surface area (Å²) >= 11 is 0. The quantitative estimate of drug-likeness (QED) is 0.819. The molecule has 2 N–H and O–H groups in total. The molecule has 0 spiro atoms. The Hall–Kier alpha value is -2.00. The number of rotatable bonds is 3. The number of benzene rings is 1. The number of carboxylic acid groups (broad SMARTS) is 1. The monoisotopic (exact) mass is 316 g/mol. The number of sulfonamides is 1. The van der Waals surface area contributed by atoms with Crippen molar-refractivity contribution in [3.63, 3.8) is 0 Å². The van der Waals surface area contributed by atoms with Gasteiger partial charge in [-0.3, -0.25) is 4.79 Å². The van der Waals surface area contributed by atoms with E-state index in [0.717, 1.165) is 22.5 Å². The highest BCUT2D eigenvalue weighted by Crippen LogP contribution is 2.20. The van der Waals surface area contributed by atoms with E-state index < -0.39 is 27.4 Å². The molecular weight excluding hydrogens is 303 g/mol. The van der Waals surface area contributed by atoms with E-state index in [1.807, 2.05) is 0 Å². The van der Waals surface area contributed by atoms with Crippen molar-refractivity contribution in [2.45, 2.75) is 11.3 Å². The standard InChI is InChI=1S/C12H13FN2O5S/c13-10-2-1-8(7-9(10)12(17)18)21(19,20)15-5-3-11(16)14-4-6-15/h1-2,7H,3-6H2,(H,14,16)(H,17,18). The van der Waals surface area contributed by atoms with Crippen molar-refractivity contribution in [3.05, 3.63) is 29.6 Å². The Balaban J connectivity index is 2.37. The van der Waals surface area contributed by atoms with E-state index >= 15 is 0 Å². The molecule has 114 valence electrons. The second-order valence-electron chi connectivity index (χ2n) is 4.45. The van der Waals surface area contributed by atoms with E-state index in [1.165, 1.54) is 0 Å². The molecular formula is C12H13FN2O5S. The average Bonchev–Trinajstić information content (AvgIpc) is 2.63. The number of hydrogen-bond acceptors (Lipinski definition) is 4. The minimum Gasteiger partial charge on any atom is -0.478 e. The van der Waals surface area contributed by atoms with Gasteiger partial charge in [0.25, 0.3) is 0 Å². The second-order valence-corrected chi connectivity index (χ2v) is 6.39. The predicted molar refractivity (Wildman–Crippen MR) is 69.7 cm³/mol. The fourth-order valence-corrected chi connectivity index (χ4v) is 3.43. The molecule has 0 aromatic heterocycles. The zero-order valence-corrected chi connectivity index (χ0v) is 11.7. The lowest BCUT2D eigenvalue weighted by Gasteiger charge is -2.19. The fourth-order valence-electron chi connectivity index (χ4n) is 1.96. The maximum absolute atomic E-state index is 13.3. The van der Waals surface area contributed by atoms with Gasteiger partial charge in [-0.15, -0.1) is 0 Å². The maximum Gasteiger partial charge on any atom is 0.338 e. The summed E-state index contributed by atoms with van der Waals surface area (Å²) in [6.07, 6.45) is 0.0201. The second kappa shape index (κ2) is 5.78. The number of nitrogens with one attached hydrogen (secondary N) is 1. The SMILES string of the molecule is O=C1CCN(S(=O)(=O)c2ccc(F)c(C(=O)O)c2)CCN1. The van der Waals surface area contributed by atoms with Crippen molar-refractivity contribution in [2.75, 3.05) is 19.6 Å². The van der Waals surface area contributed by atoms with E-state index in [0.29, 0.717) is 0 Å². The highest BCUT2D eigenvalue weighted by molar-refractivity contribution is 7.89. The van der Waals surface area contributed by atoms with Gasteiger partial charge in [0.1, 0.15) is 5.82 Å². The lowest BCUT2D eigenvalue weighted by Crippen LogP contribution is -2.34. The van der Waals surface area contributed by atoms with Crippen LogP contribution in [0.2, 0.25) is 0 Å². The summed E-state index contributed by atoms with van der Waals surface area (Å²) in [6.45, 7) is 0.243. The number of amides is 1. The van der Waals surface area contributed by atoms with Gasteiger partial charge in [0.05, 0.1) is 10.5 Å². The van der Waals surface area contributed by atoms with Gasteiger partial charge in [0.15, 0.2) is 0 Å². The minimum atomic E-state index is -3.97. The number of halogens is 1. The van der Waals surface area contributed by atoms with Crippen LogP contribution >= 0.6 is 0 Å². The zero-order chi connectivity index (χ0) is 15.6. The summed E-state index contributed by atoms with van der Waals surface area (Å²) in [4.78, 5) is 21.8. The molecule has 0 bridgehead atoms. The maximum atomic E-state index is 13.3. The normalized spacial score (nSPS) is 17.1. The summed E-state index contributed by atoms with van der Waals surface area (Å²) in [6, 6.07) is 2.60. The molecule has 0 aliphatic carbocycles. The number of nitrogens with zero attached hydrogens (tertiary/aromatic N) is 1. The van der Waals surface area contributed by atoms with Crippen molar-refractivity contribution < 1.29 is 27.5 Å². The third kappa shape index (κ3) is 3.19. The topological polar surface area (TPSA) is 104 Å². The van der Waals surface area contributed by atoms with Crippen LogP contribution in [0.25, 0.3) is 0 Å². The third-order valence-electron chi connectivity index (χ3n) is 3.08. The van der Waals surface area contributed by atoms with Crippen molar-refractivity contribution in [1.29, 1.82) is 0 Å². The van der Waals surface area contributed by atoms with E-state index in [1.54, 1.807) is 0 Å². The van der Waals surface area contributed by atoms with Gasteiger partial charge in [0.2, 0.25) is 15.9 Å². The summed E-state index contributed by atoms with van der Waals surface area (Å²) in [5, 5.41) is 11.4. The average molecular weight is 316 g/mol. The Labute approximate surface area is 120 Å². The lowest BCUT2D eigenvalue weighted by atomic mass is 10.2. The number of hydrogen-bond donors (Lipinski definition) is 2. The molecule has 0 atom stereocenters. The molecule has 1 amide bonds. The molecule has 1 aliphatic heterocycles. The Morgan fingerprint density at radius 3 is 2.71 bits per heavy atom. The molecule has 1 aromatic rings. The molecule has 1 saturated heterocycles. The molecule has 7 nitrogen and oxygen atoms in total. The summed E-state index contributed by atoms with van der Waals surface area (Å²) < 4.78 is 39.2. The van der Waals surface area contributed by atoms with Gasteiger partial charge >= 0.3 is 5.97 Å².